The van der Waals surface area contributed by atoms with Crippen molar-refractivity contribution in [1.29, 1.82) is 0 Å². The van der Waals surface area contributed by atoms with Crippen LogP contribution in [0.25, 0.3) is 6.08 Å². The summed E-state index contributed by atoms with van der Waals surface area (Å²) in [5.41, 5.74) is 1.29. The topological polar surface area (TPSA) is 29.5 Å². The highest BCUT2D eigenvalue weighted by Crippen LogP contribution is 2.40. The van der Waals surface area contributed by atoms with Gasteiger partial charge in [0.25, 0.3) is 5.91 Å². The number of methoxy groups -OCH3 is 1. The summed E-state index contributed by atoms with van der Waals surface area (Å²) >= 11 is 22.2. The Bertz CT molecular complexity index is 918. The Balaban J connectivity index is 2.00. The molecule has 1 aliphatic rings. The summed E-state index contributed by atoms with van der Waals surface area (Å²) in [5.74, 6) is 0.430. The molecule has 0 saturated carbocycles. The normalized spacial score (nSPS) is 16.0. The van der Waals surface area contributed by atoms with Crippen LogP contribution >= 0.6 is 63.1 Å². The van der Waals surface area contributed by atoms with Crippen molar-refractivity contribution < 1.29 is 9.53 Å². The molecule has 0 aliphatic carbocycles. The van der Waals surface area contributed by atoms with Crippen LogP contribution in [0.15, 0.2) is 45.8 Å². The standard InChI is InChI=1S/C17H10BrCl2NO2S2/c1-23-14-5-2-10(18)6-9(14)7-15-16(22)21(17(24)25-15)13-4-3-11(19)8-12(13)20/h2-8H,1H3/b15-7-. The van der Waals surface area contributed by atoms with E-state index in [1.807, 2.05) is 18.2 Å². The second-order valence-electron chi connectivity index (χ2n) is 5.00. The van der Waals surface area contributed by atoms with E-state index < -0.39 is 0 Å². The number of halogens is 3. The number of hydrogen-bond donors (Lipinski definition) is 0. The monoisotopic (exact) mass is 473 g/mol. The van der Waals surface area contributed by atoms with Crippen LogP contribution in [0.2, 0.25) is 10.0 Å². The first-order valence-electron chi connectivity index (χ1n) is 6.97. The van der Waals surface area contributed by atoms with Crippen molar-refractivity contribution >= 4 is 85.1 Å². The molecule has 0 spiro atoms. The van der Waals surface area contributed by atoms with E-state index in [4.69, 9.17) is 40.2 Å². The van der Waals surface area contributed by atoms with Gasteiger partial charge in [0.1, 0.15) is 5.75 Å². The van der Waals surface area contributed by atoms with Crippen molar-refractivity contribution in [2.75, 3.05) is 12.0 Å². The van der Waals surface area contributed by atoms with Crippen LogP contribution in [0.5, 0.6) is 5.75 Å². The summed E-state index contributed by atoms with van der Waals surface area (Å²) in [4.78, 5) is 14.8. The van der Waals surface area contributed by atoms with Crippen LogP contribution in [-0.2, 0) is 4.79 Å². The van der Waals surface area contributed by atoms with Gasteiger partial charge in [-0.15, -0.1) is 0 Å². The molecular weight excluding hydrogens is 465 g/mol. The van der Waals surface area contributed by atoms with Crippen molar-refractivity contribution in [3.63, 3.8) is 0 Å². The zero-order valence-electron chi connectivity index (χ0n) is 12.8. The van der Waals surface area contributed by atoms with E-state index >= 15 is 0 Å². The minimum Gasteiger partial charge on any atom is -0.496 e. The summed E-state index contributed by atoms with van der Waals surface area (Å²) in [6.07, 6.45) is 1.76. The van der Waals surface area contributed by atoms with Gasteiger partial charge in [-0.3, -0.25) is 9.69 Å². The number of nitrogens with zero attached hydrogens (tertiary/aromatic N) is 1. The van der Waals surface area contributed by atoms with E-state index in [2.05, 4.69) is 15.9 Å². The number of thioether (sulfide) groups is 1. The Morgan fingerprint density at radius 3 is 2.68 bits per heavy atom. The van der Waals surface area contributed by atoms with Gasteiger partial charge in [-0.1, -0.05) is 63.1 Å². The van der Waals surface area contributed by atoms with Crippen LogP contribution in [0, 0.1) is 0 Å². The predicted octanol–water partition coefficient (Wildman–Crippen LogP) is 6.17. The number of amides is 1. The summed E-state index contributed by atoms with van der Waals surface area (Å²) in [6.45, 7) is 0. The Hall–Kier alpha value is -1.05. The zero-order chi connectivity index (χ0) is 18.1. The number of thiocarbonyl (C=S) groups is 1. The largest absolute Gasteiger partial charge is 0.496 e. The van der Waals surface area contributed by atoms with Crippen LogP contribution in [0.3, 0.4) is 0 Å². The first kappa shape index (κ1) is 18.7. The van der Waals surface area contributed by atoms with Crippen LogP contribution in [-0.4, -0.2) is 17.3 Å². The number of anilines is 1. The lowest BCUT2D eigenvalue weighted by Crippen LogP contribution is -2.27. The van der Waals surface area contributed by atoms with E-state index in [1.54, 1.807) is 31.4 Å². The molecule has 0 atom stereocenters. The summed E-state index contributed by atoms with van der Waals surface area (Å²) in [7, 11) is 1.58. The van der Waals surface area contributed by atoms with Crippen molar-refractivity contribution in [1.82, 2.24) is 0 Å². The Kier molecular flexibility index (Phi) is 5.75. The first-order valence-corrected chi connectivity index (χ1v) is 9.74. The predicted molar refractivity (Wildman–Crippen MR) is 113 cm³/mol. The summed E-state index contributed by atoms with van der Waals surface area (Å²) in [5, 5.41) is 0.860. The van der Waals surface area contributed by atoms with E-state index in [0.717, 1.165) is 10.0 Å². The molecule has 1 fully saturated rings. The highest BCUT2D eigenvalue weighted by molar-refractivity contribution is 9.10. The van der Waals surface area contributed by atoms with Gasteiger partial charge < -0.3 is 4.74 Å². The molecule has 2 aromatic carbocycles. The van der Waals surface area contributed by atoms with E-state index in [0.29, 0.717) is 30.7 Å². The van der Waals surface area contributed by atoms with Gasteiger partial charge in [0.2, 0.25) is 0 Å². The number of rotatable bonds is 3. The molecular formula is C17H10BrCl2NO2S2. The second kappa shape index (κ2) is 7.68. The molecule has 0 N–H and O–H groups in total. The minimum absolute atomic E-state index is 0.235. The van der Waals surface area contributed by atoms with Crippen molar-refractivity contribution in [3.05, 3.63) is 61.4 Å². The molecule has 3 nitrogen and oxygen atoms in total. The molecule has 8 heteroatoms. The third-order valence-corrected chi connectivity index (χ3v) is 5.76. The summed E-state index contributed by atoms with van der Waals surface area (Å²) in [6, 6.07) is 10.5. The highest BCUT2D eigenvalue weighted by Gasteiger charge is 2.34. The summed E-state index contributed by atoms with van der Waals surface area (Å²) < 4.78 is 6.64. The third-order valence-electron chi connectivity index (χ3n) is 3.42. The lowest BCUT2D eigenvalue weighted by molar-refractivity contribution is -0.113. The van der Waals surface area contributed by atoms with Gasteiger partial charge >= 0.3 is 0 Å². The molecule has 1 saturated heterocycles. The van der Waals surface area contributed by atoms with Gasteiger partial charge in [0.05, 0.1) is 22.7 Å². The van der Waals surface area contributed by atoms with Gasteiger partial charge in [-0.05, 0) is 42.5 Å². The maximum atomic E-state index is 12.8. The lowest BCUT2D eigenvalue weighted by Gasteiger charge is -2.16. The zero-order valence-corrected chi connectivity index (χ0v) is 17.5. The smallest absolute Gasteiger partial charge is 0.270 e. The molecule has 1 aliphatic heterocycles. The Morgan fingerprint density at radius 1 is 1.24 bits per heavy atom. The van der Waals surface area contributed by atoms with Crippen LogP contribution < -0.4 is 9.64 Å². The lowest BCUT2D eigenvalue weighted by atomic mass is 10.2. The Morgan fingerprint density at radius 2 is 2.00 bits per heavy atom. The van der Waals surface area contributed by atoms with Gasteiger partial charge in [-0.2, -0.15) is 0 Å². The van der Waals surface area contributed by atoms with E-state index in [1.165, 1.54) is 16.7 Å². The first-order chi connectivity index (χ1) is 11.9. The fourth-order valence-electron chi connectivity index (χ4n) is 2.30. The molecule has 0 aromatic heterocycles. The fourth-order valence-corrected chi connectivity index (χ4v) is 4.44. The molecule has 2 aromatic rings. The fraction of sp³-hybridized carbons (Fsp3) is 0.0588. The van der Waals surface area contributed by atoms with Crippen molar-refractivity contribution in [3.8, 4) is 5.75 Å². The molecule has 1 amide bonds. The molecule has 3 rings (SSSR count). The van der Waals surface area contributed by atoms with Crippen LogP contribution in [0.1, 0.15) is 5.56 Å². The molecule has 128 valence electrons. The number of carbonyl (C=O) groups excluding carboxylic acids is 1. The molecule has 0 bridgehead atoms. The number of hydrogen-bond acceptors (Lipinski definition) is 4. The SMILES string of the molecule is COc1ccc(Br)cc1/C=C1\SC(=S)N(c2ccc(Cl)cc2Cl)C1=O. The quantitative estimate of drug-likeness (QED) is 0.393. The maximum absolute atomic E-state index is 12.8. The molecule has 0 unspecified atom stereocenters. The maximum Gasteiger partial charge on any atom is 0.270 e. The average Bonchev–Trinajstić information content (AvgIpc) is 2.82. The van der Waals surface area contributed by atoms with Gasteiger partial charge in [0, 0.05) is 15.1 Å². The molecule has 25 heavy (non-hydrogen) atoms. The number of carbonyl (C=O) groups is 1. The molecule has 1 heterocycles. The van der Waals surface area contributed by atoms with Crippen molar-refractivity contribution in [2.24, 2.45) is 0 Å². The second-order valence-corrected chi connectivity index (χ2v) is 8.43. The average molecular weight is 475 g/mol. The highest BCUT2D eigenvalue weighted by atomic mass is 79.9. The van der Waals surface area contributed by atoms with E-state index in [9.17, 15) is 4.79 Å². The van der Waals surface area contributed by atoms with E-state index in [-0.39, 0.29) is 5.91 Å². The van der Waals surface area contributed by atoms with Gasteiger partial charge in [0.15, 0.2) is 4.32 Å². The van der Waals surface area contributed by atoms with Gasteiger partial charge in [-0.25, -0.2) is 0 Å². The van der Waals surface area contributed by atoms with Crippen LogP contribution in [0.4, 0.5) is 5.69 Å². The molecule has 0 radical (unpaired) electrons. The van der Waals surface area contributed by atoms with Crippen molar-refractivity contribution in [2.45, 2.75) is 0 Å². The minimum atomic E-state index is -0.235. The number of ether oxygens (including phenoxy) is 1. The number of benzene rings is 2. The third kappa shape index (κ3) is 3.88. The Labute approximate surface area is 173 Å².